The molecule has 1 aliphatic heterocycles. The van der Waals surface area contributed by atoms with Gasteiger partial charge < -0.3 is 10.6 Å². The number of piperidine rings is 1. The third kappa shape index (κ3) is 5.94. The Morgan fingerprint density at radius 3 is 2.65 bits per heavy atom. The normalized spacial score (nSPS) is 17.6. The average Bonchev–Trinajstić information content (AvgIpc) is 2.63. The maximum atomic E-state index is 12.6. The Labute approximate surface area is 163 Å². The highest BCUT2D eigenvalue weighted by molar-refractivity contribution is 7.89. The third-order valence-corrected chi connectivity index (χ3v) is 6.72. The summed E-state index contributed by atoms with van der Waals surface area (Å²) in [5.74, 6) is 0.379. The van der Waals surface area contributed by atoms with Gasteiger partial charge in [0, 0.05) is 25.2 Å². The van der Waals surface area contributed by atoms with Crippen LogP contribution in [0.4, 0.5) is 0 Å². The van der Waals surface area contributed by atoms with Crippen LogP contribution >= 0.6 is 12.4 Å². The molecule has 26 heavy (non-hydrogen) atoms. The van der Waals surface area contributed by atoms with Gasteiger partial charge in [-0.15, -0.1) is 12.4 Å². The Kier molecular flexibility index (Phi) is 9.57. The van der Waals surface area contributed by atoms with Crippen molar-refractivity contribution in [2.45, 2.75) is 38.0 Å². The predicted molar refractivity (Wildman–Crippen MR) is 106 cm³/mol. The lowest BCUT2D eigenvalue weighted by Crippen LogP contribution is -2.33. The minimum atomic E-state index is -3.55. The van der Waals surface area contributed by atoms with Crippen LogP contribution in [0.5, 0.6) is 0 Å². The summed E-state index contributed by atoms with van der Waals surface area (Å²) in [5, 5.41) is 6.27. The van der Waals surface area contributed by atoms with Gasteiger partial charge in [-0.25, -0.2) is 8.42 Å². The van der Waals surface area contributed by atoms with Crippen LogP contribution in [-0.2, 0) is 10.0 Å². The van der Waals surface area contributed by atoms with Crippen LogP contribution in [0.2, 0.25) is 0 Å². The summed E-state index contributed by atoms with van der Waals surface area (Å²) in [5.41, 5.74) is 0.384. The molecule has 1 atom stereocenters. The van der Waals surface area contributed by atoms with E-state index in [0.29, 0.717) is 31.1 Å². The topological polar surface area (TPSA) is 78.5 Å². The molecule has 0 aromatic heterocycles. The summed E-state index contributed by atoms with van der Waals surface area (Å²) < 4.78 is 26.5. The lowest BCUT2D eigenvalue weighted by atomic mass is 9.96. The number of halogens is 1. The number of sulfonamides is 1. The maximum absolute atomic E-state index is 12.6. The lowest BCUT2D eigenvalue weighted by molar-refractivity contribution is 0.0950. The van der Waals surface area contributed by atoms with Crippen LogP contribution in [0.1, 0.15) is 43.5 Å². The highest BCUT2D eigenvalue weighted by Crippen LogP contribution is 2.17. The number of rotatable bonds is 8. The average molecular weight is 404 g/mol. The molecule has 1 aromatic carbocycles. The smallest absolute Gasteiger partial charge is 0.251 e. The number of nitrogens with one attached hydrogen (secondary N) is 2. The summed E-state index contributed by atoms with van der Waals surface area (Å²) in [6.45, 7) is 7.12. The van der Waals surface area contributed by atoms with Gasteiger partial charge in [-0.3, -0.25) is 4.79 Å². The second-order valence-corrected chi connectivity index (χ2v) is 8.31. The molecule has 1 fully saturated rings. The fraction of sp³-hybridized carbons (Fsp3) is 0.611. The molecule has 2 rings (SSSR count). The molecular weight excluding hydrogens is 374 g/mol. The first-order chi connectivity index (χ1) is 12.0. The van der Waals surface area contributed by atoms with Crippen molar-refractivity contribution in [1.29, 1.82) is 0 Å². The molecule has 0 spiro atoms. The largest absolute Gasteiger partial charge is 0.352 e. The highest BCUT2D eigenvalue weighted by Gasteiger charge is 2.22. The van der Waals surface area contributed by atoms with Crippen LogP contribution in [-0.4, -0.2) is 51.4 Å². The third-order valence-electron chi connectivity index (χ3n) is 4.68. The molecule has 0 radical (unpaired) electrons. The van der Waals surface area contributed by atoms with Crippen molar-refractivity contribution >= 4 is 28.3 Å². The first-order valence-corrected chi connectivity index (χ1v) is 10.5. The van der Waals surface area contributed by atoms with Gasteiger partial charge in [-0.1, -0.05) is 19.9 Å². The monoisotopic (exact) mass is 403 g/mol. The van der Waals surface area contributed by atoms with Crippen molar-refractivity contribution in [2.24, 2.45) is 5.92 Å². The van der Waals surface area contributed by atoms with Crippen LogP contribution in [0.3, 0.4) is 0 Å². The molecule has 8 heteroatoms. The first-order valence-electron chi connectivity index (χ1n) is 9.08. The van der Waals surface area contributed by atoms with Crippen molar-refractivity contribution in [3.05, 3.63) is 29.8 Å². The molecule has 0 aliphatic carbocycles. The van der Waals surface area contributed by atoms with E-state index in [-0.39, 0.29) is 23.2 Å². The number of carbonyl (C=O) groups is 1. The highest BCUT2D eigenvalue weighted by atomic mass is 35.5. The van der Waals surface area contributed by atoms with Crippen molar-refractivity contribution in [1.82, 2.24) is 14.9 Å². The van der Waals surface area contributed by atoms with E-state index in [1.807, 2.05) is 0 Å². The molecule has 2 N–H and O–H groups in total. The zero-order chi connectivity index (χ0) is 18.3. The molecule has 1 saturated heterocycles. The second-order valence-electron chi connectivity index (χ2n) is 6.37. The zero-order valence-corrected chi connectivity index (χ0v) is 17.2. The molecule has 148 valence electrons. The summed E-state index contributed by atoms with van der Waals surface area (Å²) in [6, 6.07) is 6.28. The fourth-order valence-corrected chi connectivity index (χ4v) is 4.68. The fourth-order valence-electron chi connectivity index (χ4n) is 3.17. The number of carbonyl (C=O) groups excluding carboxylic acids is 1. The molecule has 0 saturated carbocycles. The summed E-state index contributed by atoms with van der Waals surface area (Å²) in [6.07, 6.45) is 3.32. The summed E-state index contributed by atoms with van der Waals surface area (Å²) >= 11 is 0. The number of hydrogen-bond donors (Lipinski definition) is 2. The Morgan fingerprint density at radius 1 is 1.31 bits per heavy atom. The quantitative estimate of drug-likeness (QED) is 0.697. The molecule has 0 bridgehead atoms. The first kappa shape index (κ1) is 22.9. The van der Waals surface area contributed by atoms with E-state index in [1.54, 1.807) is 26.0 Å². The van der Waals surface area contributed by atoms with Gasteiger partial charge in [0.05, 0.1) is 4.90 Å². The van der Waals surface area contributed by atoms with Crippen molar-refractivity contribution < 1.29 is 13.2 Å². The van der Waals surface area contributed by atoms with Crippen LogP contribution in [0.25, 0.3) is 0 Å². The Bertz CT molecular complexity index is 672. The van der Waals surface area contributed by atoms with E-state index < -0.39 is 10.0 Å². The zero-order valence-electron chi connectivity index (χ0n) is 15.5. The van der Waals surface area contributed by atoms with Gasteiger partial charge in [0.2, 0.25) is 10.0 Å². The Hall–Kier alpha value is -1.15. The van der Waals surface area contributed by atoms with E-state index in [4.69, 9.17) is 0 Å². The van der Waals surface area contributed by atoms with Gasteiger partial charge in [0.25, 0.3) is 5.91 Å². The number of hydrogen-bond acceptors (Lipinski definition) is 4. The second kappa shape index (κ2) is 10.9. The minimum absolute atomic E-state index is 0. The molecule has 1 amide bonds. The number of amides is 1. The van der Waals surface area contributed by atoms with Gasteiger partial charge in [0.15, 0.2) is 0 Å². The Balaban J connectivity index is 0.00000338. The van der Waals surface area contributed by atoms with E-state index in [9.17, 15) is 13.2 Å². The summed E-state index contributed by atoms with van der Waals surface area (Å²) in [7, 11) is -3.55. The maximum Gasteiger partial charge on any atom is 0.251 e. The van der Waals surface area contributed by atoms with Gasteiger partial charge in [0.1, 0.15) is 0 Å². The van der Waals surface area contributed by atoms with E-state index >= 15 is 0 Å². The van der Waals surface area contributed by atoms with Crippen molar-refractivity contribution in [3.63, 3.8) is 0 Å². The molecule has 1 aliphatic rings. The standard InChI is InChI=1S/C18H29N3O3S.ClH/c1-3-21(4-2)25(23,24)17-9-5-8-16(13-17)18(22)20-12-10-15-7-6-11-19-14-15;/h5,8-9,13,15,19H,3-4,6-7,10-12,14H2,1-2H3,(H,20,22);1H. The van der Waals surface area contributed by atoms with E-state index in [2.05, 4.69) is 10.6 Å². The molecular formula is C18H30ClN3O3S. The van der Waals surface area contributed by atoms with Crippen molar-refractivity contribution in [2.75, 3.05) is 32.7 Å². The lowest BCUT2D eigenvalue weighted by Gasteiger charge is -2.22. The number of nitrogens with zero attached hydrogens (tertiary/aromatic N) is 1. The van der Waals surface area contributed by atoms with Gasteiger partial charge in [-0.2, -0.15) is 4.31 Å². The van der Waals surface area contributed by atoms with Crippen LogP contribution < -0.4 is 10.6 Å². The molecule has 6 nitrogen and oxygen atoms in total. The minimum Gasteiger partial charge on any atom is -0.352 e. The molecule has 1 aromatic rings. The van der Waals surface area contributed by atoms with Gasteiger partial charge in [-0.05, 0) is 56.5 Å². The number of benzene rings is 1. The van der Waals surface area contributed by atoms with Crippen molar-refractivity contribution in [3.8, 4) is 0 Å². The molecule has 1 unspecified atom stereocenters. The van der Waals surface area contributed by atoms with Crippen LogP contribution in [0, 0.1) is 5.92 Å². The summed E-state index contributed by atoms with van der Waals surface area (Å²) in [4.78, 5) is 12.5. The van der Waals surface area contributed by atoms with E-state index in [1.165, 1.54) is 29.3 Å². The van der Waals surface area contributed by atoms with Crippen LogP contribution in [0.15, 0.2) is 29.2 Å². The van der Waals surface area contributed by atoms with Gasteiger partial charge >= 0.3 is 0 Å². The molecule has 1 heterocycles. The SMILES string of the molecule is CCN(CC)S(=O)(=O)c1cccc(C(=O)NCCC2CCCNC2)c1.Cl. The Morgan fingerprint density at radius 2 is 2.04 bits per heavy atom. The predicted octanol–water partition coefficient (Wildman–Crippen LogP) is 2.26. The van der Waals surface area contributed by atoms with E-state index in [0.717, 1.165) is 19.5 Å².